The Morgan fingerprint density at radius 1 is 1.02 bits per heavy atom. The lowest BCUT2D eigenvalue weighted by molar-refractivity contribution is -0.139. The second-order valence-corrected chi connectivity index (χ2v) is 12.0. The summed E-state index contributed by atoms with van der Waals surface area (Å²) in [6.45, 7) is 7.88. The number of nitrogens with zero attached hydrogens (tertiary/aromatic N) is 6. The number of halogens is 2. The Morgan fingerprint density at radius 3 is 2.28 bits per heavy atom. The Morgan fingerprint density at radius 2 is 1.68 bits per heavy atom. The molecule has 2 N–H and O–H groups in total. The van der Waals surface area contributed by atoms with Crippen LogP contribution < -0.4 is 10.6 Å². The minimum Gasteiger partial charge on any atom is -0.456 e. The van der Waals surface area contributed by atoms with Crippen molar-refractivity contribution in [3.8, 4) is 5.69 Å². The molecule has 1 aromatic heterocycles. The molecular weight excluding hydrogens is 635 g/mol. The predicted octanol–water partition coefficient (Wildman–Crippen LogP) is 2.63. The van der Waals surface area contributed by atoms with Gasteiger partial charge in [-0.05, 0) is 73.7 Å². The van der Waals surface area contributed by atoms with Gasteiger partial charge in [-0.25, -0.2) is 9.18 Å². The van der Waals surface area contributed by atoms with Gasteiger partial charge in [-0.15, -0.1) is 5.10 Å². The molecule has 4 rings (SSSR count). The van der Waals surface area contributed by atoms with Crippen molar-refractivity contribution in [1.82, 2.24) is 35.3 Å². The molecule has 4 amide bonds. The van der Waals surface area contributed by atoms with E-state index in [-0.39, 0.29) is 40.8 Å². The third-order valence-corrected chi connectivity index (χ3v) is 7.28. The molecular formula is C31H34ClFN8O6. The van der Waals surface area contributed by atoms with E-state index in [1.807, 2.05) is 0 Å². The standard InChI is InChI=1S/C31H34ClFN8O6/c1-19(42)39-13-15-40(16-14-39)27(44)17-24(29(45)35-21-7-5-20(6-8-21)30(46)47-31(2,3)4)36-26(43)12-9-22-25(41-18-34-37-38-41)11-10-23(32)28(22)33/h5-12,18,24H,13-17H2,1-4H3,(H,35,45)(H,36,43)/b12-9+/t24-/m0/s1. The highest BCUT2D eigenvalue weighted by Crippen LogP contribution is 2.25. The zero-order valence-corrected chi connectivity index (χ0v) is 27.0. The molecule has 248 valence electrons. The van der Waals surface area contributed by atoms with E-state index in [1.54, 1.807) is 25.7 Å². The number of anilines is 1. The van der Waals surface area contributed by atoms with Gasteiger partial charge >= 0.3 is 5.97 Å². The molecule has 0 bridgehead atoms. The Bertz CT molecular complexity index is 1670. The molecule has 0 saturated carbocycles. The van der Waals surface area contributed by atoms with Crippen LogP contribution in [0.5, 0.6) is 0 Å². The van der Waals surface area contributed by atoms with E-state index in [1.165, 1.54) is 59.2 Å². The van der Waals surface area contributed by atoms with Gasteiger partial charge in [0.05, 0.1) is 22.7 Å². The van der Waals surface area contributed by atoms with Gasteiger partial charge in [0.2, 0.25) is 23.6 Å². The first-order chi connectivity index (χ1) is 22.2. The molecule has 1 saturated heterocycles. The molecule has 1 aliphatic heterocycles. The topological polar surface area (TPSA) is 169 Å². The van der Waals surface area contributed by atoms with Crippen LogP contribution in [-0.4, -0.2) is 97.4 Å². The van der Waals surface area contributed by atoms with Crippen molar-refractivity contribution in [2.24, 2.45) is 0 Å². The summed E-state index contributed by atoms with van der Waals surface area (Å²) in [7, 11) is 0. The monoisotopic (exact) mass is 668 g/mol. The number of piperazine rings is 1. The number of rotatable bonds is 9. The fourth-order valence-electron chi connectivity index (χ4n) is 4.60. The smallest absolute Gasteiger partial charge is 0.338 e. The average molecular weight is 669 g/mol. The Hall–Kier alpha value is -5.18. The Balaban J connectivity index is 1.52. The second kappa shape index (κ2) is 14.9. The molecule has 2 heterocycles. The van der Waals surface area contributed by atoms with Gasteiger partial charge < -0.3 is 25.2 Å². The SMILES string of the molecule is CC(=O)N1CCN(C(=O)C[C@H](NC(=O)/C=C/c2c(-n3cnnn3)ccc(Cl)c2F)C(=O)Nc2ccc(C(=O)OC(C)(C)C)cc2)CC1. The number of hydrogen-bond acceptors (Lipinski definition) is 9. The minimum absolute atomic E-state index is 0.0922. The first-order valence-electron chi connectivity index (χ1n) is 14.6. The van der Waals surface area contributed by atoms with Crippen molar-refractivity contribution in [3.05, 3.63) is 70.8 Å². The lowest BCUT2D eigenvalue weighted by atomic mass is 10.1. The largest absolute Gasteiger partial charge is 0.456 e. The van der Waals surface area contributed by atoms with Gasteiger partial charge in [-0.3, -0.25) is 19.2 Å². The van der Waals surface area contributed by atoms with Gasteiger partial charge in [0.25, 0.3) is 0 Å². The number of tetrazole rings is 1. The van der Waals surface area contributed by atoms with Crippen molar-refractivity contribution in [2.75, 3.05) is 31.5 Å². The summed E-state index contributed by atoms with van der Waals surface area (Å²) in [6, 6.07) is 7.35. The molecule has 0 spiro atoms. The fourth-order valence-corrected chi connectivity index (χ4v) is 4.77. The van der Waals surface area contributed by atoms with Crippen LogP contribution in [0, 0.1) is 5.82 Å². The van der Waals surface area contributed by atoms with Crippen LogP contribution in [0.2, 0.25) is 5.02 Å². The summed E-state index contributed by atoms with van der Waals surface area (Å²) in [5.41, 5.74) is -0.0211. The highest BCUT2D eigenvalue weighted by molar-refractivity contribution is 6.31. The molecule has 1 aliphatic rings. The first kappa shape index (κ1) is 34.7. The number of nitrogens with one attached hydrogen (secondary N) is 2. The fraction of sp³-hybridized carbons (Fsp3) is 0.355. The van der Waals surface area contributed by atoms with Crippen LogP contribution in [0.3, 0.4) is 0 Å². The number of hydrogen-bond donors (Lipinski definition) is 2. The van der Waals surface area contributed by atoms with Gasteiger partial charge in [-0.2, -0.15) is 4.68 Å². The lowest BCUT2D eigenvalue weighted by Gasteiger charge is -2.34. The van der Waals surface area contributed by atoms with Gasteiger partial charge in [0, 0.05) is 50.4 Å². The van der Waals surface area contributed by atoms with E-state index >= 15 is 0 Å². The highest BCUT2D eigenvalue weighted by Gasteiger charge is 2.29. The van der Waals surface area contributed by atoms with Crippen LogP contribution in [0.4, 0.5) is 10.1 Å². The number of amides is 4. The summed E-state index contributed by atoms with van der Waals surface area (Å²) >= 11 is 5.97. The molecule has 0 unspecified atom stereocenters. The highest BCUT2D eigenvalue weighted by atomic mass is 35.5. The molecule has 47 heavy (non-hydrogen) atoms. The molecule has 2 aromatic carbocycles. The van der Waals surface area contributed by atoms with E-state index in [9.17, 15) is 28.4 Å². The van der Waals surface area contributed by atoms with E-state index in [4.69, 9.17) is 16.3 Å². The van der Waals surface area contributed by atoms with E-state index < -0.39 is 47.6 Å². The van der Waals surface area contributed by atoms with Gasteiger partial charge in [-0.1, -0.05) is 11.6 Å². The van der Waals surface area contributed by atoms with Crippen molar-refractivity contribution in [3.63, 3.8) is 0 Å². The average Bonchev–Trinajstić information content (AvgIpc) is 3.56. The maximum Gasteiger partial charge on any atom is 0.338 e. The summed E-state index contributed by atoms with van der Waals surface area (Å²) in [6.07, 6.45) is 2.99. The summed E-state index contributed by atoms with van der Waals surface area (Å²) in [4.78, 5) is 66.9. The van der Waals surface area contributed by atoms with Crippen molar-refractivity contribution in [1.29, 1.82) is 0 Å². The molecule has 0 aliphatic carbocycles. The number of carbonyl (C=O) groups excluding carboxylic acids is 5. The Labute approximate surface area is 274 Å². The number of aromatic nitrogens is 4. The number of esters is 1. The van der Waals surface area contributed by atoms with Crippen LogP contribution in [0.1, 0.15) is 50.0 Å². The third kappa shape index (κ3) is 9.42. The van der Waals surface area contributed by atoms with E-state index in [2.05, 4.69) is 26.2 Å². The lowest BCUT2D eigenvalue weighted by Crippen LogP contribution is -2.52. The summed E-state index contributed by atoms with van der Waals surface area (Å²) < 4.78 is 21.5. The van der Waals surface area contributed by atoms with Crippen molar-refractivity contribution in [2.45, 2.75) is 45.8 Å². The second-order valence-electron chi connectivity index (χ2n) is 11.6. The normalized spacial score (nSPS) is 14.1. The maximum atomic E-state index is 15.0. The van der Waals surface area contributed by atoms with Crippen LogP contribution in [0.25, 0.3) is 11.8 Å². The quantitative estimate of drug-likeness (QED) is 0.257. The minimum atomic E-state index is -1.35. The van der Waals surface area contributed by atoms with E-state index in [0.29, 0.717) is 18.8 Å². The number of benzene rings is 2. The van der Waals surface area contributed by atoms with Crippen molar-refractivity contribution < 1.29 is 33.1 Å². The third-order valence-electron chi connectivity index (χ3n) is 6.98. The zero-order chi connectivity index (χ0) is 34.3. The van der Waals surface area contributed by atoms with E-state index in [0.717, 1.165) is 12.2 Å². The first-order valence-corrected chi connectivity index (χ1v) is 15.0. The van der Waals surface area contributed by atoms with Crippen LogP contribution >= 0.6 is 11.6 Å². The van der Waals surface area contributed by atoms with Gasteiger partial charge in [0.15, 0.2) is 5.82 Å². The molecule has 1 fully saturated rings. The molecule has 14 nitrogen and oxygen atoms in total. The number of carbonyl (C=O) groups is 5. The number of ether oxygens (including phenoxy) is 1. The summed E-state index contributed by atoms with van der Waals surface area (Å²) in [5.74, 6) is -3.41. The zero-order valence-electron chi connectivity index (χ0n) is 26.2. The van der Waals surface area contributed by atoms with Crippen LogP contribution in [0.15, 0.2) is 48.8 Å². The van der Waals surface area contributed by atoms with Gasteiger partial charge in [0.1, 0.15) is 18.0 Å². The molecule has 16 heteroatoms. The Kier molecular flexibility index (Phi) is 11.0. The molecule has 3 aromatic rings. The maximum absolute atomic E-state index is 15.0. The predicted molar refractivity (Wildman–Crippen MR) is 169 cm³/mol. The molecule has 0 radical (unpaired) electrons. The van der Waals surface area contributed by atoms with Crippen LogP contribution in [-0.2, 0) is 23.9 Å². The van der Waals surface area contributed by atoms with Crippen molar-refractivity contribution >= 4 is 53.0 Å². The summed E-state index contributed by atoms with van der Waals surface area (Å²) in [5, 5.41) is 15.8. The molecule has 1 atom stereocenters.